The molecule has 3 N–H and O–H groups in total. The summed E-state index contributed by atoms with van der Waals surface area (Å²) in [6, 6.07) is -0.147. The summed E-state index contributed by atoms with van der Waals surface area (Å²) < 4.78 is 70.9. The lowest BCUT2D eigenvalue weighted by molar-refractivity contribution is 0.362. The van der Waals surface area contributed by atoms with Crippen LogP contribution in [0.2, 0.25) is 0 Å². The van der Waals surface area contributed by atoms with Crippen molar-refractivity contribution in [3.63, 3.8) is 0 Å². The molecular weight excluding hydrogens is 271 g/mol. The minimum Gasteiger partial charge on any atom is -0.472 e. The van der Waals surface area contributed by atoms with Crippen LogP contribution in [-0.2, 0) is 0 Å². The van der Waals surface area contributed by atoms with Crippen molar-refractivity contribution in [1.82, 2.24) is 5.43 Å². The van der Waals surface area contributed by atoms with Crippen LogP contribution in [0, 0.1) is 29.1 Å². The van der Waals surface area contributed by atoms with Gasteiger partial charge in [-0.2, -0.15) is 0 Å². The van der Waals surface area contributed by atoms with Gasteiger partial charge in [0.1, 0.15) is 0 Å². The Morgan fingerprint density at radius 3 is 1.89 bits per heavy atom. The fourth-order valence-corrected chi connectivity index (χ4v) is 1.66. The van der Waals surface area contributed by atoms with E-state index in [-0.39, 0.29) is 5.56 Å². The Kier molecular flexibility index (Phi) is 3.54. The van der Waals surface area contributed by atoms with Gasteiger partial charge in [0, 0.05) is 5.56 Å². The van der Waals surface area contributed by atoms with E-state index >= 15 is 0 Å². The number of hydrogen-bond acceptors (Lipinski definition) is 3. The largest absolute Gasteiger partial charge is 0.472 e. The molecule has 0 aliphatic heterocycles. The summed E-state index contributed by atoms with van der Waals surface area (Å²) >= 11 is 0. The van der Waals surface area contributed by atoms with E-state index in [0.717, 1.165) is 6.26 Å². The van der Waals surface area contributed by atoms with E-state index in [1.54, 1.807) is 0 Å². The van der Waals surface area contributed by atoms with Crippen LogP contribution in [0.4, 0.5) is 22.0 Å². The second kappa shape index (κ2) is 4.98. The predicted octanol–water partition coefficient (Wildman–Crippen LogP) is 2.53. The quantitative estimate of drug-likeness (QED) is 0.298. The Morgan fingerprint density at radius 1 is 0.947 bits per heavy atom. The summed E-state index contributed by atoms with van der Waals surface area (Å²) in [4.78, 5) is 0. The topological polar surface area (TPSA) is 51.2 Å². The number of nitrogens with one attached hydrogen (secondary N) is 1. The van der Waals surface area contributed by atoms with Gasteiger partial charge in [-0.05, 0) is 6.07 Å². The third kappa shape index (κ3) is 2.08. The Hall–Kier alpha value is -1.93. The van der Waals surface area contributed by atoms with Crippen LogP contribution in [-0.4, -0.2) is 0 Å². The zero-order valence-electron chi connectivity index (χ0n) is 9.18. The molecule has 102 valence electrons. The first kappa shape index (κ1) is 13.5. The van der Waals surface area contributed by atoms with Gasteiger partial charge in [-0.1, -0.05) is 0 Å². The fourth-order valence-electron chi connectivity index (χ4n) is 1.66. The van der Waals surface area contributed by atoms with E-state index in [1.807, 2.05) is 5.43 Å². The highest BCUT2D eigenvalue weighted by Gasteiger charge is 2.31. The van der Waals surface area contributed by atoms with Crippen LogP contribution in [0.15, 0.2) is 23.0 Å². The molecule has 1 aromatic heterocycles. The summed E-state index contributed by atoms with van der Waals surface area (Å²) in [6.45, 7) is 0. The van der Waals surface area contributed by atoms with Gasteiger partial charge in [0.25, 0.3) is 0 Å². The van der Waals surface area contributed by atoms with Gasteiger partial charge >= 0.3 is 0 Å². The lowest BCUT2D eigenvalue weighted by atomic mass is 10.00. The van der Waals surface area contributed by atoms with Gasteiger partial charge in [0.05, 0.1) is 24.1 Å². The molecule has 1 heterocycles. The first-order valence-corrected chi connectivity index (χ1v) is 4.98. The molecule has 2 aromatic rings. The number of hydrogen-bond donors (Lipinski definition) is 2. The van der Waals surface area contributed by atoms with Gasteiger partial charge in [-0.3, -0.25) is 5.84 Å². The fraction of sp³-hybridized carbons (Fsp3) is 0.0909. The molecule has 0 radical (unpaired) electrons. The summed E-state index contributed by atoms with van der Waals surface area (Å²) in [6.07, 6.45) is 2.24. The summed E-state index contributed by atoms with van der Waals surface area (Å²) in [5.74, 6) is -5.06. The molecule has 1 unspecified atom stereocenters. The van der Waals surface area contributed by atoms with E-state index in [4.69, 9.17) is 5.84 Å². The van der Waals surface area contributed by atoms with Crippen molar-refractivity contribution in [1.29, 1.82) is 0 Å². The molecule has 0 saturated heterocycles. The lowest BCUT2D eigenvalue weighted by Crippen LogP contribution is -2.31. The second-order valence-corrected chi connectivity index (χ2v) is 3.64. The summed E-state index contributed by atoms with van der Waals surface area (Å²) in [5.41, 5.74) is 1.03. The maximum absolute atomic E-state index is 13.6. The number of halogens is 5. The zero-order valence-corrected chi connectivity index (χ0v) is 9.18. The number of rotatable bonds is 3. The van der Waals surface area contributed by atoms with Gasteiger partial charge in [0.2, 0.25) is 5.82 Å². The van der Waals surface area contributed by atoms with Crippen molar-refractivity contribution in [2.24, 2.45) is 5.84 Å². The molecule has 0 amide bonds. The van der Waals surface area contributed by atoms with Crippen LogP contribution in [0.25, 0.3) is 0 Å². The van der Waals surface area contributed by atoms with Crippen molar-refractivity contribution < 1.29 is 26.4 Å². The van der Waals surface area contributed by atoms with Crippen LogP contribution < -0.4 is 11.3 Å². The minimum absolute atomic E-state index is 0.116. The maximum atomic E-state index is 13.6. The maximum Gasteiger partial charge on any atom is 0.200 e. The zero-order chi connectivity index (χ0) is 14.2. The van der Waals surface area contributed by atoms with Crippen LogP contribution in [0.5, 0.6) is 0 Å². The molecule has 0 spiro atoms. The van der Waals surface area contributed by atoms with Crippen molar-refractivity contribution in [3.05, 3.63) is 58.8 Å². The monoisotopic (exact) mass is 278 g/mol. The van der Waals surface area contributed by atoms with Crippen LogP contribution in [0.1, 0.15) is 17.2 Å². The minimum atomic E-state index is -2.22. The number of hydrazine groups is 1. The highest BCUT2D eigenvalue weighted by atomic mass is 19.2. The van der Waals surface area contributed by atoms with E-state index in [9.17, 15) is 22.0 Å². The summed E-state index contributed by atoms with van der Waals surface area (Å²) in [5, 5.41) is 0. The average molecular weight is 278 g/mol. The van der Waals surface area contributed by atoms with Crippen LogP contribution in [0.3, 0.4) is 0 Å². The number of benzene rings is 1. The first-order chi connectivity index (χ1) is 8.99. The first-order valence-electron chi connectivity index (χ1n) is 4.98. The second-order valence-electron chi connectivity index (χ2n) is 3.64. The SMILES string of the molecule is NNC(c1ccoc1)c1c(F)c(F)c(F)c(F)c1F. The normalized spacial score (nSPS) is 12.7. The van der Waals surface area contributed by atoms with Gasteiger partial charge in [-0.25, -0.2) is 27.4 Å². The molecule has 0 saturated carbocycles. The Morgan fingerprint density at radius 2 is 1.47 bits per heavy atom. The smallest absolute Gasteiger partial charge is 0.200 e. The molecule has 0 fully saturated rings. The standard InChI is InChI=1S/C11H7F5N2O/c12-6-5(7(13)9(15)10(16)8(6)14)11(18-17)4-1-2-19-3-4/h1-3,11,18H,17H2. The summed E-state index contributed by atoms with van der Waals surface area (Å²) in [7, 11) is 0. The highest BCUT2D eigenvalue weighted by molar-refractivity contribution is 5.33. The number of furan rings is 1. The van der Waals surface area contributed by atoms with Gasteiger partial charge < -0.3 is 4.42 Å². The van der Waals surface area contributed by atoms with E-state index < -0.39 is 40.7 Å². The number of nitrogens with two attached hydrogens (primary N) is 1. The Balaban J connectivity index is 2.68. The van der Waals surface area contributed by atoms with Crippen molar-refractivity contribution in [2.45, 2.75) is 6.04 Å². The van der Waals surface area contributed by atoms with Gasteiger partial charge in [-0.15, -0.1) is 0 Å². The highest BCUT2D eigenvalue weighted by Crippen LogP contribution is 2.31. The molecule has 8 heteroatoms. The van der Waals surface area contributed by atoms with E-state index in [2.05, 4.69) is 4.42 Å². The molecule has 2 rings (SSSR count). The molecular formula is C11H7F5N2O. The molecule has 19 heavy (non-hydrogen) atoms. The lowest BCUT2D eigenvalue weighted by Gasteiger charge is -2.17. The van der Waals surface area contributed by atoms with Crippen molar-refractivity contribution >= 4 is 0 Å². The van der Waals surface area contributed by atoms with E-state index in [1.165, 1.54) is 12.3 Å². The predicted molar refractivity (Wildman–Crippen MR) is 54.1 cm³/mol. The molecule has 1 aromatic carbocycles. The van der Waals surface area contributed by atoms with E-state index in [0.29, 0.717) is 0 Å². The molecule has 1 atom stereocenters. The Bertz CT molecular complexity index is 571. The molecule has 0 bridgehead atoms. The Labute approximate surface area is 103 Å². The third-order valence-corrected chi connectivity index (χ3v) is 2.58. The van der Waals surface area contributed by atoms with Gasteiger partial charge in [0.15, 0.2) is 23.3 Å². The van der Waals surface area contributed by atoms with Crippen molar-refractivity contribution in [3.8, 4) is 0 Å². The third-order valence-electron chi connectivity index (χ3n) is 2.58. The van der Waals surface area contributed by atoms with Crippen LogP contribution >= 0.6 is 0 Å². The van der Waals surface area contributed by atoms with Crippen molar-refractivity contribution in [2.75, 3.05) is 0 Å². The molecule has 0 aliphatic carbocycles. The molecule has 3 nitrogen and oxygen atoms in total. The average Bonchev–Trinajstić information content (AvgIpc) is 2.93. The molecule has 0 aliphatic rings.